The highest BCUT2D eigenvalue weighted by Crippen LogP contribution is 2.19. The lowest BCUT2D eigenvalue weighted by Gasteiger charge is -2.32. The van der Waals surface area contributed by atoms with Crippen molar-refractivity contribution < 1.29 is 18.3 Å². The summed E-state index contributed by atoms with van der Waals surface area (Å²) in [5.74, 6) is -0.901. The van der Waals surface area contributed by atoms with E-state index in [1.54, 1.807) is 11.8 Å². The SMILES string of the molecule is Cc1[nH]ncc1S(=O)(=O)N1CCN(CC(=O)O)CC1. The van der Waals surface area contributed by atoms with E-state index in [2.05, 4.69) is 10.2 Å². The summed E-state index contributed by atoms with van der Waals surface area (Å²) in [6.07, 6.45) is 1.30. The Bertz CT molecular complexity index is 560. The van der Waals surface area contributed by atoms with E-state index in [0.29, 0.717) is 31.9 Å². The lowest BCUT2D eigenvalue weighted by atomic mass is 10.3. The highest BCUT2D eigenvalue weighted by Gasteiger charge is 2.30. The fourth-order valence-corrected chi connectivity index (χ4v) is 3.60. The zero-order valence-electron chi connectivity index (χ0n) is 10.5. The second kappa shape index (κ2) is 5.27. The number of H-pyrrole nitrogens is 1. The quantitative estimate of drug-likeness (QED) is 0.744. The van der Waals surface area contributed by atoms with Crippen molar-refractivity contribution in [3.63, 3.8) is 0 Å². The number of rotatable bonds is 4. The van der Waals surface area contributed by atoms with Crippen LogP contribution in [0.15, 0.2) is 11.1 Å². The molecule has 0 bridgehead atoms. The third-order valence-electron chi connectivity index (χ3n) is 3.09. The molecular weight excluding hydrogens is 272 g/mol. The van der Waals surface area contributed by atoms with Crippen LogP contribution in [0.3, 0.4) is 0 Å². The molecule has 1 aliphatic rings. The molecular formula is C10H16N4O4S. The summed E-state index contributed by atoms with van der Waals surface area (Å²) in [4.78, 5) is 12.5. The van der Waals surface area contributed by atoms with Crippen LogP contribution in [0.1, 0.15) is 5.69 Å². The van der Waals surface area contributed by atoms with Crippen molar-refractivity contribution in [1.29, 1.82) is 0 Å². The Kier molecular flexibility index (Phi) is 3.88. The van der Waals surface area contributed by atoms with Gasteiger partial charge in [0, 0.05) is 26.2 Å². The number of sulfonamides is 1. The van der Waals surface area contributed by atoms with E-state index in [1.807, 2.05) is 0 Å². The summed E-state index contributed by atoms with van der Waals surface area (Å²) in [5, 5.41) is 15.0. The molecule has 106 valence electrons. The number of aryl methyl sites for hydroxylation is 1. The number of carbonyl (C=O) groups is 1. The van der Waals surface area contributed by atoms with E-state index < -0.39 is 16.0 Å². The standard InChI is InChI=1S/C10H16N4O4S/c1-8-9(6-11-12-8)19(17,18)14-4-2-13(3-5-14)7-10(15)16/h6H,2-5,7H2,1H3,(H,11,12)(H,15,16). The van der Waals surface area contributed by atoms with Gasteiger partial charge in [0.15, 0.2) is 0 Å². The largest absolute Gasteiger partial charge is 0.480 e. The number of aliphatic carboxylic acids is 1. The van der Waals surface area contributed by atoms with E-state index >= 15 is 0 Å². The van der Waals surface area contributed by atoms with E-state index in [4.69, 9.17) is 5.11 Å². The molecule has 1 aliphatic heterocycles. The lowest BCUT2D eigenvalue weighted by molar-refractivity contribution is -0.138. The highest BCUT2D eigenvalue weighted by atomic mass is 32.2. The molecule has 2 N–H and O–H groups in total. The Balaban J connectivity index is 2.05. The zero-order valence-corrected chi connectivity index (χ0v) is 11.4. The monoisotopic (exact) mass is 288 g/mol. The Labute approximate surface area is 111 Å². The van der Waals surface area contributed by atoms with Crippen LogP contribution in [-0.4, -0.2) is 71.6 Å². The Morgan fingerprint density at radius 3 is 2.53 bits per heavy atom. The summed E-state index contributed by atoms with van der Waals surface area (Å²) in [7, 11) is -3.54. The molecule has 8 nitrogen and oxygen atoms in total. The number of hydrogen-bond acceptors (Lipinski definition) is 5. The molecule has 0 aliphatic carbocycles. The van der Waals surface area contributed by atoms with Crippen molar-refractivity contribution in [2.24, 2.45) is 0 Å². The van der Waals surface area contributed by atoms with E-state index in [1.165, 1.54) is 10.5 Å². The second-order valence-corrected chi connectivity index (χ2v) is 6.34. The van der Waals surface area contributed by atoms with Gasteiger partial charge in [0.1, 0.15) is 4.90 Å². The van der Waals surface area contributed by atoms with Gasteiger partial charge in [0.2, 0.25) is 10.0 Å². The van der Waals surface area contributed by atoms with Gasteiger partial charge in [-0.1, -0.05) is 0 Å². The van der Waals surface area contributed by atoms with Crippen molar-refractivity contribution >= 4 is 16.0 Å². The predicted molar refractivity (Wildman–Crippen MR) is 66.2 cm³/mol. The normalized spacial score (nSPS) is 18.6. The Morgan fingerprint density at radius 2 is 2.05 bits per heavy atom. The first-order valence-corrected chi connectivity index (χ1v) is 7.29. The number of hydrogen-bond donors (Lipinski definition) is 2. The second-order valence-electron chi connectivity index (χ2n) is 4.43. The maximum atomic E-state index is 12.3. The molecule has 0 unspecified atom stereocenters. The third kappa shape index (κ3) is 2.94. The number of carboxylic acid groups (broad SMARTS) is 1. The molecule has 2 rings (SSSR count). The maximum absolute atomic E-state index is 12.3. The molecule has 1 aromatic heterocycles. The summed E-state index contributed by atoms with van der Waals surface area (Å²) in [6.45, 7) is 3.02. The van der Waals surface area contributed by atoms with Crippen LogP contribution in [0.4, 0.5) is 0 Å². The molecule has 0 aromatic carbocycles. The van der Waals surface area contributed by atoms with Crippen LogP contribution < -0.4 is 0 Å². The summed E-state index contributed by atoms with van der Waals surface area (Å²) >= 11 is 0. The van der Waals surface area contributed by atoms with Crippen molar-refractivity contribution in [3.8, 4) is 0 Å². The Morgan fingerprint density at radius 1 is 1.42 bits per heavy atom. The van der Waals surface area contributed by atoms with Gasteiger partial charge in [-0.3, -0.25) is 14.8 Å². The lowest BCUT2D eigenvalue weighted by Crippen LogP contribution is -2.49. The van der Waals surface area contributed by atoms with Gasteiger partial charge >= 0.3 is 5.97 Å². The van der Waals surface area contributed by atoms with Gasteiger partial charge in [-0.05, 0) is 6.92 Å². The topological polar surface area (TPSA) is 107 Å². The minimum atomic E-state index is -3.54. The molecule has 1 fully saturated rings. The predicted octanol–water partition coefficient (Wildman–Crippen LogP) is -0.891. The number of aromatic amines is 1. The van der Waals surface area contributed by atoms with Crippen LogP contribution in [0.25, 0.3) is 0 Å². The smallest absolute Gasteiger partial charge is 0.317 e. The Hall–Kier alpha value is -1.45. The number of piperazine rings is 1. The van der Waals surface area contributed by atoms with Gasteiger partial charge in [-0.2, -0.15) is 9.40 Å². The number of nitrogens with one attached hydrogen (secondary N) is 1. The molecule has 0 atom stereocenters. The fraction of sp³-hybridized carbons (Fsp3) is 0.600. The van der Waals surface area contributed by atoms with E-state index in [-0.39, 0.29) is 11.4 Å². The average Bonchev–Trinajstić information content (AvgIpc) is 2.76. The van der Waals surface area contributed by atoms with Crippen LogP contribution in [0.5, 0.6) is 0 Å². The molecule has 1 aromatic rings. The van der Waals surface area contributed by atoms with Crippen molar-refractivity contribution in [3.05, 3.63) is 11.9 Å². The average molecular weight is 288 g/mol. The first kappa shape index (κ1) is 14.0. The highest BCUT2D eigenvalue weighted by molar-refractivity contribution is 7.89. The summed E-state index contributed by atoms with van der Waals surface area (Å²) < 4.78 is 26.0. The van der Waals surface area contributed by atoms with Crippen molar-refractivity contribution in [1.82, 2.24) is 19.4 Å². The molecule has 0 saturated carbocycles. The molecule has 9 heteroatoms. The molecule has 19 heavy (non-hydrogen) atoms. The summed E-state index contributed by atoms with van der Waals surface area (Å²) in [5.41, 5.74) is 0.507. The van der Waals surface area contributed by atoms with Gasteiger partial charge in [0.25, 0.3) is 0 Å². The van der Waals surface area contributed by atoms with Gasteiger partial charge < -0.3 is 5.11 Å². The third-order valence-corrected chi connectivity index (χ3v) is 5.10. The minimum absolute atomic E-state index is 0.0569. The van der Waals surface area contributed by atoms with E-state index in [0.717, 1.165) is 0 Å². The first-order chi connectivity index (χ1) is 8.91. The van der Waals surface area contributed by atoms with Crippen LogP contribution >= 0.6 is 0 Å². The van der Waals surface area contributed by atoms with Crippen molar-refractivity contribution in [2.75, 3.05) is 32.7 Å². The van der Waals surface area contributed by atoms with Gasteiger partial charge in [0.05, 0.1) is 18.4 Å². The van der Waals surface area contributed by atoms with Gasteiger partial charge in [-0.25, -0.2) is 8.42 Å². The minimum Gasteiger partial charge on any atom is -0.480 e. The van der Waals surface area contributed by atoms with Crippen LogP contribution in [0.2, 0.25) is 0 Å². The van der Waals surface area contributed by atoms with Crippen LogP contribution in [0, 0.1) is 6.92 Å². The maximum Gasteiger partial charge on any atom is 0.317 e. The zero-order chi connectivity index (χ0) is 14.0. The molecule has 1 saturated heterocycles. The van der Waals surface area contributed by atoms with Gasteiger partial charge in [-0.15, -0.1) is 0 Å². The van der Waals surface area contributed by atoms with Crippen LogP contribution in [-0.2, 0) is 14.8 Å². The molecule has 0 radical (unpaired) electrons. The first-order valence-electron chi connectivity index (χ1n) is 5.85. The molecule has 0 spiro atoms. The van der Waals surface area contributed by atoms with E-state index in [9.17, 15) is 13.2 Å². The number of nitrogens with zero attached hydrogens (tertiary/aromatic N) is 3. The number of carboxylic acids is 1. The molecule has 2 heterocycles. The summed E-state index contributed by atoms with van der Waals surface area (Å²) in [6, 6.07) is 0. The van der Waals surface area contributed by atoms with Crippen molar-refractivity contribution in [2.45, 2.75) is 11.8 Å². The number of aromatic nitrogens is 2. The molecule has 0 amide bonds. The fourth-order valence-electron chi connectivity index (χ4n) is 2.06.